The topological polar surface area (TPSA) is 173 Å². The van der Waals surface area contributed by atoms with Crippen molar-refractivity contribution >= 4 is 41.9 Å². The van der Waals surface area contributed by atoms with Gasteiger partial charge in [0.2, 0.25) is 0 Å². The van der Waals surface area contributed by atoms with Crippen LogP contribution >= 0.6 is 23.8 Å². The number of rotatable bonds is 10. The molecule has 1 aromatic heterocycles. The number of halogens is 1. The molecule has 0 saturated carbocycles. The van der Waals surface area contributed by atoms with E-state index < -0.39 is 67.8 Å². The number of esters is 1. The van der Waals surface area contributed by atoms with Crippen molar-refractivity contribution in [3.8, 4) is 5.75 Å². The van der Waals surface area contributed by atoms with Gasteiger partial charge in [-0.25, -0.2) is 18.9 Å². The van der Waals surface area contributed by atoms with E-state index in [0.717, 1.165) is 10.1 Å². The second-order valence-corrected chi connectivity index (χ2v) is 14.5. The van der Waals surface area contributed by atoms with Crippen molar-refractivity contribution < 1.29 is 41.9 Å². The molecular weight excluding hydrogens is 689 g/mol. The highest BCUT2D eigenvalue weighted by Gasteiger charge is 2.44. The average molecular weight is 729 g/mol. The molecule has 14 nitrogen and oxygen atoms in total. The van der Waals surface area contributed by atoms with Crippen LogP contribution in [-0.4, -0.2) is 52.1 Å². The summed E-state index contributed by atoms with van der Waals surface area (Å²) >= 11 is 3.12. The van der Waals surface area contributed by atoms with Gasteiger partial charge in [-0.3, -0.25) is 23.4 Å². The second kappa shape index (κ2) is 14.7. The fourth-order valence-corrected chi connectivity index (χ4v) is 6.46. The average Bonchev–Trinajstić information content (AvgIpc) is 3.34. The van der Waals surface area contributed by atoms with Crippen molar-refractivity contribution in [1.82, 2.24) is 14.9 Å². The van der Waals surface area contributed by atoms with Crippen LogP contribution in [0.15, 0.2) is 39.0 Å². The summed E-state index contributed by atoms with van der Waals surface area (Å²) in [6, 6.07) is 4.34. The number of carbonyl (C=O) groups is 2. The zero-order valence-corrected chi connectivity index (χ0v) is 28.9. The molecule has 46 heavy (non-hydrogen) atoms. The van der Waals surface area contributed by atoms with Crippen molar-refractivity contribution in [2.75, 3.05) is 6.61 Å². The fraction of sp³-hybridized carbons (Fsp3) is 0.533. The molecule has 252 valence electrons. The van der Waals surface area contributed by atoms with Crippen LogP contribution in [0.5, 0.6) is 5.75 Å². The second-order valence-electron chi connectivity index (χ2n) is 12.4. The van der Waals surface area contributed by atoms with E-state index in [0.29, 0.717) is 11.3 Å². The highest BCUT2D eigenvalue weighted by Crippen LogP contribution is 2.55. The summed E-state index contributed by atoms with van der Waals surface area (Å²) in [5.41, 5.74) is -0.544. The lowest BCUT2D eigenvalue weighted by molar-refractivity contribution is -0.156. The molecule has 4 rings (SSSR count). The van der Waals surface area contributed by atoms with Crippen LogP contribution in [0.1, 0.15) is 70.4 Å². The summed E-state index contributed by atoms with van der Waals surface area (Å²) in [5, 5.41) is 2.58. The zero-order chi connectivity index (χ0) is 33.8. The van der Waals surface area contributed by atoms with E-state index in [1.165, 1.54) is 17.3 Å². The number of nitrogens with zero attached hydrogens (tertiary/aromatic N) is 1. The summed E-state index contributed by atoms with van der Waals surface area (Å²) in [6.45, 7) is 10.2. The monoisotopic (exact) mass is 727 g/mol. The molecule has 0 radical (unpaired) electrons. The Morgan fingerprint density at radius 2 is 2.00 bits per heavy atom. The third-order valence-electron chi connectivity index (χ3n) is 6.95. The molecule has 1 aromatic carbocycles. The van der Waals surface area contributed by atoms with Crippen molar-refractivity contribution in [3.05, 3.63) is 66.9 Å². The number of nitrogens with one attached hydrogen (secondary N) is 2. The molecule has 2 aromatic rings. The van der Waals surface area contributed by atoms with Gasteiger partial charge in [-0.1, -0.05) is 48.0 Å². The standard InChI is InChI=1S/C30H39BrN3O11P/c1-17(2)12-21(32-29(38)44-30(4,5)6)27(36)43-22-13-24(34-14-19(10-11-31)26(35)33-28(34)37)42-23(22)16-41-46(39)40-15-20-9-7-8-18(3)25(20)45-46/h7-11,14,17,21-24H,12-13,15-16H2,1-6H3,(H,32,38)(H,33,35,37)/b11-10+/t21-,22+,23-,24-,46?/m1/s1. The number of aryl methyl sites for hydroxylation is 1. The number of amides is 1. The number of phosphoric ester groups is 1. The molecule has 0 spiro atoms. The Labute approximate surface area is 274 Å². The first kappa shape index (κ1) is 35.6. The number of fused-ring (bicyclic) bond motifs is 1. The summed E-state index contributed by atoms with van der Waals surface area (Å²) in [7, 11) is -4.11. The molecule has 2 aliphatic rings. The zero-order valence-electron chi connectivity index (χ0n) is 26.4. The van der Waals surface area contributed by atoms with Gasteiger partial charge >= 0.3 is 25.6 Å². The van der Waals surface area contributed by atoms with Gasteiger partial charge in [0, 0.05) is 18.2 Å². The van der Waals surface area contributed by atoms with E-state index >= 15 is 0 Å². The number of para-hydroxylation sites is 1. The number of aromatic amines is 1. The fourth-order valence-electron chi connectivity index (χ4n) is 4.89. The lowest BCUT2D eigenvalue weighted by atomic mass is 10.0. The maximum absolute atomic E-state index is 13.5. The number of H-pyrrole nitrogens is 1. The number of carbonyl (C=O) groups excluding carboxylic acids is 2. The molecule has 5 atom stereocenters. The maximum atomic E-state index is 13.5. The van der Waals surface area contributed by atoms with Crippen molar-refractivity contribution in [2.24, 2.45) is 5.92 Å². The Morgan fingerprint density at radius 1 is 1.26 bits per heavy atom. The Balaban J connectivity index is 1.58. The van der Waals surface area contributed by atoms with Crippen molar-refractivity contribution in [2.45, 2.75) is 91.1 Å². The Bertz CT molecular complexity index is 1630. The molecular formula is C30H39BrN3O11P. The maximum Gasteiger partial charge on any atom is 0.530 e. The van der Waals surface area contributed by atoms with Crippen LogP contribution in [0.2, 0.25) is 0 Å². The molecule has 1 fully saturated rings. The van der Waals surface area contributed by atoms with Crippen LogP contribution < -0.4 is 21.1 Å². The van der Waals surface area contributed by atoms with Gasteiger partial charge in [-0.05, 0) is 56.7 Å². The largest absolute Gasteiger partial charge is 0.530 e. The first-order chi connectivity index (χ1) is 21.6. The molecule has 0 aliphatic carbocycles. The Kier molecular flexibility index (Phi) is 11.4. The van der Waals surface area contributed by atoms with Gasteiger partial charge in [0.05, 0.1) is 18.8 Å². The van der Waals surface area contributed by atoms with E-state index in [2.05, 4.69) is 26.2 Å². The minimum absolute atomic E-state index is 0.00289. The Morgan fingerprint density at radius 3 is 2.67 bits per heavy atom. The van der Waals surface area contributed by atoms with E-state index in [1.54, 1.807) is 39.8 Å². The molecule has 2 N–H and O–H groups in total. The van der Waals surface area contributed by atoms with Gasteiger partial charge in [0.25, 0.3) is 5.56 Å². The van der Waals surface area contributed by atoms with Crippen LogP contribution in [0.3, 0.4) is 0 Å². The first-order valence-corrected chi connectivity index (χ1v) is 17.1. The SMILES string of the molecule is Cc1cccc2c1OP(=O)(OC[C@H]1O[C@@H](n3cc(/C=C/Br)c(=O)[nH]c3=O)C[C@@H]1OC(=O)[C@@H](CC(C)C)NC(=O)OC(C)(C)C)OC2. The van der Waals surface area contributed by atoms with Gasteiger partial charge in [0.1, 0.15) is 35.8 Å². The number of hydrogen-bond donors (Lipinski definition) is 2. The van der Waals surface area contributed by atoms with Gasteiger partial charge in [-0.15, -0.1) is 0 Å². The number of alkyl carbamates (subject to hydrolysis) is 1. The van der Waals surface area contributed by atoms with Gasteiger partial charge in [0.15, 0.2) is 0 Å². The summed E-state index contributed by atoms with van der Waals surface area (Å²) in [5.74, 6) is -0.379. The van der Waals surface area contributed by atoms with E-state index in [-0.39, 0.29) is 30.9 Å². The van der Waals surface area contributed by atoms with E-state index in [4.69, 9.17) is 27.8 Å². The lowest BCUT2D eigenvalue weighted by Crippen LogP contribution is -2.46. The van der Waals surface area contributed by atoms with Crippen molar-refractivity contribution in [1.29, 1.82) is 0 Å². The predicted octanol–water partition coefficient (Wildman–Crippen LogP) is 5.08. The molecule has 1 amide bonds. The molecule has 0 bridgehead atoms. The number of ether oxygens (including phenoxy) is 3. The van der Waals surface area contributed by atoms with Crippen LogP contribution in [-0.2, 0) is 39.2 Å². The number of aromatic nitrogens is 2. The summed E-state index contributed by atoms with van der Waals surface area (Å²) < 4.78 is 48.7. The van der Waals surface area contributed by atoms with E-state index in [9.17, 15) is 23.7 Å². The number of phosphoric acid groups is 1. The highest BCUT2D eigenvalue weighted by molar-refractivity contribution is 9.11. The van der Waals surface area contributed by atoms with Crippen LogP contribution in [0.4, 0.5) is 4.79 Å². The lowest BCUT2D eigenvalue weighted by Gasteiger charge is -2.28. The Hall–Kier alpha value is -3.23. The first-order valence-electron chi connectivity index (χ1n) is 14.7. The minimum atomic E-state index is -4.11. The third kappa shape index (κ3) is 9.19. The normalized spacial score (nSPS) is 23.5. The molecule has 2 aliphatic heterocycles. The number of hydrogen-bond acceptors (Lipinski definition) is 11. The van der Waals surface area contributed by atoms with E-state index in [1.807, 2.05) is 19.9 Å². The van der Waals surface area contributed by atoms with Crippen LogP contribution in [0, 0.1) is 12.8 Å². The molecule has 16 heteroatoms. The predicted molar refractivity (Wildman–Crippen MR) is 170 cm³/mol. The highest BCUT2D eigenvalue weighted by atomic mass is 79.9. The quantitative estimate of drug-likeness (QED) is 0.247. The van der Waals surface area contributed by atoms with Crippen molar-refractivity contribution in [3.63, 3.8) is 0 Å². The van der Waals surface area contributed by atoms with Gasteiger partial charge in [-0.2, -0.15) is 0 Å². The van der Waals surface area contributed by atoms with Gasteiger partial charge < -0.3 is 24.1 Å². The molecule has 1 unspecified atom stereocenters. The summed E-state index contributed by atoms with van der Waals surface area (Å²) in [4.78, 5) is 54.8. The third-order valence-corrected chi connectivity index (χ3v) is 8.53. The number of benzene rings is 1. The molecule has 1 saturated heterocycles. The molecule has 3 heterocycles. The van der Waals surface area contributed by atoms with Crippen LogP contribution in [0.25, 0.3) is 6.08 Å². The minimum Gasteiger partial charge on any atom is -0.458 e. The smallest absolute Gasteiger partial charge is 0.458 e. The summed E-state index contributed by atoms with van der Waals surface area (Å²) in [6.07, 6.45) is -0.935.